The first kappa shape index (κ1) is 10.7. The van der Waals surface area contributed by atoms with E-state index in [-0.39, 0.29) is 10.2 Å². The number of nitrogens with one attached hydrogen (secondary N) is 1. The van der Waals surface area contributed by atoms with Crippen LogP contribution in [0.5, 0.6) is 0 Å². The Morgan fingerprint density at radius 1 is 1.25 bits per heavy atom. The van der Waals surface area contributed by atoms with Gasteiger partial charge in [0.2, 0.25) is 0 Å². The number of benzene rings is 1. The predicted octanol–water partition coefficient (Wildman–Crippen LogP) is 1.17. The Morgan fingerprint density at radius 2 is 1.94 bits per heavy atom. The number of halogens is 2. The number of carbonyl (C=O) groups excluding carboxylic acids is 3. The maximum atomic E-state index is 13.5. The quantitative estimate of drug-likeness (QED) is 0.623. The second kappa shape index (κ2) is 3.67. The fraction of sp³-hybridized carbons (Fsp3) is 0. The lowest BCUT2D eigenvalue weighted by Gasteiger charge is -2.13. The minimum atomic E-state index is -1.10. The highest BCUT2D eigenvalue weighted by Gasteiger charge is 2.40. The number of para-hydroxylation sites is 1. The number of amides is 4. The Bertz CT molecular complexity index is 497. The van der Waals surface area contributed by atoms with Crippen molar-refractivity contribution in [1.82, 2.24) is 5.32 Å². The Hall–Kier alpha value is -1.76. The van der Waals surface area contributed by atoms with Gasteiger partial charge in [0.15, 0.2) is 0 Å². The van der Waals surface area contributed by atoms with E-state index in [0.717, 1.165) is 6.07 Å². The molecule has 1 saturated heterocycles. The van der Waals surface area contributed by atoms with E-state index in [1.165, 1.54) is 12.1 Å². The lowest BCUT2D eigenvalue weighted by Crippen LogP contribution is -2.31. The Balaban J connectivity index is 2.57. The summed E-state index contributed by atoms with van der Waals surface area (Å²) < 4.78 is 13.7. The van der Waals surface area contributed by atoms with Crippen LogP contribution in [0.2, 0.25) is 0 Å². The standard InChI is InChI=1S/C9H4BrFN2O3/c10-4-2-1-3-5(11)6(4)13-8(15)7(14)12-9(13)16/h1-3H,(H,12,14,16). The second-order valence-corrected chi connectivity index (χ2v) is 3.82. The molecule has 1 aromatic rings. The van der Waals surface area contributed by atoms with Crippen LogP contribution in [-0.4, -0.2) is 17.8 Å². The molecule has 7 heteroatoms. The van der Waals surface area contributed by atoms with Crippen molar-refractivity contribution in [3.05, 3.63) is 28.5 Å². The Labute approximate surface area is 97.3 Å². The summed E-state index contributed by atoms with van der Waals surface area (Å²) >= 11 is 3.01. The zero-order valence-electron chi connectivity index (χ0n) is 7.66. The molecule has 0 aromatic heterocycles. The summed E-state index contributed by atoms with van der Waals surface area (Å²) in [5, 5.41) is 1.78. The van der Waals surface area contributed by atoms with Crippen LogP contribution >= 0.6 is 15.9 Å². The van der Waals surface area contributed by atoms with Crippen molar-refractivity contribution in [1.29, 1.82) is 0 Å². The lowest BCUT2D eigenvalue weighted by molar-refractivity contribution is -0.134. The normalized spacial score (nSPS) is 15.6. The van der Waals surface area contributed by atoms with Gasteiger partial charge in [-0.3, -0.25) is 14.9 Å². The molecule has 1 fully saturated rings. The number of hydrogen-bond donors (Lipinski definition) is 1. The van der Waals surface area contributed by atoms with E-state index in [0.29, 0.717) is 4.90 Å². The van der Waals surface area contributed by atoms with E-state index in [9.17, 15) is 18.8 Å². The van der Waals surface area contributed by atoms with E-state index in [4.69, 9.17) is 0 Å². The number of rotatable bonds is 1. The molecule has 4 amide bonds. The highest BCUT2D eigenvalue weighted by molar-refractivity contribution is 9.10. The number of imide groups is 2. The van der Waals surface area contributed by atoms with Crippen molar-refractivity contribution in [2.45, 2.75) is 0 Å². The summed E-state index contributed by atoms with van der Waals surface area (Å²) in [4.78, 5) is 34.0. The SMILES string of the molecule is O=C1NC(=O)N(c2c(F)cccc2Br)C1=O. The van der Waals surface area contributed by atoms with E-state index in [2.05, 4.69) is 15.9 Å². The average Bonchev–Trinajstić information content (AvgIpc) is 2.44. The molecule has 0 spiro atoms. The van der Waals surface area contributed by atoms with Crippen molar-refractivity contribution >= 4 is 39.5 Å². The summed E-state index contributed by atoms with van der Waals surface area (Å²) in [6.45, 7) is 0. The third-order valence-electron chi connectivity index (χ3n) is 1.98. The van der Waals surface area contributed by atoms with Gasteiger partial charge in [0.05, 0.1) is 0 Å². The molecule has 0 bridgehead atoms. The van der Waals surface area contributed by atoms with Crippen LogP contribution in [0.3, 0.4) is 0 Å². The van der Waals surface area contributed by atoms with Crippen LogP contribution < -0.4 is 10.2 Å². The minimum Gasteiger partial charge on any atom is -0.269 e. The zero-order chi connectivity index (χ0) is 11.9. The van der Waals surface area contributed by atoms with Crippen molar-refractivity contribution in [3.63, 3.8) is 0 Å². The predicted molar refractivity (Wildman–Crippen MR) is 55.1 cm³/mol. The third-order valence-corrected chi connectivity index (χ3v) is 2.62. The van der Waals surface area contributed by atoms with E-state index in [1.807, 2.05) is 0 Å². The second-order valence-electron chi connectivity index (χ2n) is 2.97. The summed E-state index contributed by atoms with van der Waals surface area (Å²) in [7, 11) is 0. The van der Waals surface area contributed by atoms with Crippen LogP contribution in [0, 0.1) is 5.82 Å². The van der Waals surface area contributed by atoms with Gasteiger partial charge in [0.25, 0.3) is 0 Å². The van der Waals surface area contributed by atoms with E-state index >= 15 is 0 Å². The lowest BCUT2D eigenvalue weighted by atomic mass is 10.3. The maximum absolute atomic E-state index is 13.5. The van der Waals surface area contributed by atoms with E-state index < -0.39 is 23.7 Å². The molecule has 0 radical (unpaired) electrons. The molecule has 2 rings (SSSR count). The summed E-state index contributed by atoms with van der Waals surface area (Å²) in [5.41, 5.74) is -0.268. The molecule has 0 saturated carbocycles. The van der Waals surface area contributed by atoms with Crippen LogP contribution in [0.25, 0.3) is 0 Å². The topological polar surface area (TPSA) is 66.5 Å². The van der Waals surface area contributed by atoms with Gasteiger partial charge in [-0.15, -0.1) is 0 Å². The molecule has 1 aliphatic heterocycles. The van der Waals surface area contributed by atoms with Crippen LogP contribution in [0.1, 0.15) is 0 Å². The van der Waals surface area contributed by atoms with Crippen molar-refractivity contribution in [2.75, 3.05) is 4.90 Å². The third kappa shape index (κ3) is 1.49. The zero-order valence-corrected chi connectivity index (χ0v) is 9.25. The van der Waals surface area contributed by atoms with Gasteiger partial charge >= 0.3 is 17.8 Å². The van der Waals surface area contributed by atoms with E-state index in [1.54, 1.807) is 5.32 Å². The molecule has 5 nitrogen and oxygen atoms in total. The smallest absolute Gasteiger partial charge is 0.269 e. The highest BCUT2D eigenvalue weighted by Crippen LogP contribution is 2.30. The maximum Gasteiger partial charge on any atom is 0.336 e. The van der Waals surface area contributed by atoms with Crippen LogP contribution in [-0.2, 0) is 9.59 Å². The molecule has 0 aliphatic carbocycles. The van der Waals surface area contributed by atoms with Gasteiger partial charge in [0.1, 0.15) is 11.5 Å². The minimum absolute atomic E-state index is 0.214. The first-order chi connectivity index (χ1) is 7.52. The molecule has 1 aliphatic rings. The highest BCUT2D eigenvalue weighted by atomic mass is 79.9. The molecule has 0 unspecified atom stereocenters. The van der Waals surface area contributed by atoms with Gasteiger partial charge in [-0.2, -0.15) is 0 Å². The number of carbonyl (C=O) groups is 3. The van der Waals surface area contributed by atoms with Crippen LogP contribution in [0.15, 0.2) is 22.7 Å². The average molecular weight is 287 g/mol. The molecule has 82 valence electrons. The number of nitrogens with zero attached hydrogens (tertiary/aromatic N) is 1. The van der Waals surface area contributed by atoms with Gasteiger partial charge in [-0.1, -0.05) is 6.07 Å². The molecule has 1 N–H and O–H groups in total. The van der Waals surface area contributed by atoms with Crippen molar-refractivity contribution in [2.24, 2.45) is 0 Å². The van der Waals surface area contributed by atoms with Gasteiger partial charge in [0, 0.05) is 4.47 Å². The molecular weight excluding hydrogens is 283 g/mol. The van der Waals surface area contributed by atoms with Gasteiger partial charge in [-0.05, 0) is 28.1 Å². The summed E-state index contributed by atoms with van der Waals surface area (Å²) in [6, 6.07) is 3.00. The summed E-state index contributed by atoms with van der Waals surface area (Å²) in [6.07, 6.45) is 0. The molecule has 1 aromatic carbocycles. The monoisotopic (exact) mass is 286 g/mol. The first-order valence-corrected chi connectivity index (χ1v) is 4.95. The van der Waals surface area contributed by atoms with Gasteiger partial charge in [-0.25, -0.2) is 14.1 Å². The summed E-state index contributed by atoms with van der Waals surface area (Å²) in [5.74, 6) is -2.94. The number of urea groups is 1. The van der Waals surface area contributed by atoms with Crippen LogP contribution in [0.4, 0.5) is 14.9 Å². The van der Waals surface area contributed by atoms with Crippen molar-refractivity contribution < 1.29 is 18.8 Å². The Kier molecular flexibility index (Phi) is 2.47. The first-order valence-electron chi connectivity index (χ1n) is 4.16. The van der Waals surface area contributed by atoms with Crippen molar-refractivity contribution in [3.8, 4) is 0 Å². The van der Waals surface area contributed by atoms with Gasteiger partial charge < -0.3 is 0 Å². The molecule has 16 heavy (non-hydrogen) atoms. The fourth-order valence-electron chi connectivity index (χ4n) is 1.31. The molecular formula is C9H4BrFN2O3. The molecule has 1 heterocycles. The largest absolute Gasteiger partial charge is 0.336 e. The number of anilines is 1. The Morgan fingerprint density at radius 3 is 2.44 bits per heavy atom. The number of hydrogen-bond acceptors (Lipinski definition) is 3. The fourth-order valence-corrected chi connectivity index (χ4v) is 1.83. The molecule has 0 atom stereocenters.